The number of carbonyl (C=O) groups is 1. The van der Waals surface area contributed by atoms with Crippen LogP contribution in [0.4, 0.5) is 0 Å². The molecule has 23 heavy (non-hydrogen) atoms. The van der Waals surface area contributed by atoms with E-state index in [0.717, 1.165) is 18.4 Å². The summed E-state index contributed by atoms with van der Waals surface area (Å²) >= 11 is 0. The predicted octanol–water partition coefficient (Wildman–Crippen LogP) is 1.98. The van der Waals surface area contributed by atoms with Gasteiger partial charge in [-0.3, -0.25) is 4.79 Å². The number of hydrogen-bond acceptors (Lipinski definition) is 4. The van der Waals surface area contributed by atoms with E-state index in [9.17, 15) is 9.90 Å². The molecular formula is C18H25NO4. The highest BCUT2D eigenvalue weighted by Gasteiger charge is 2.44. The second kappa shape index (κ2) is 6.99. The van der Waals surface area contributed by atoms with Gasteiger partial charge in [0.05, 0.1) is 18.3 Å². The van der Waals surface area contributed by atoms with Crippen LogP contribution in [0.25, 0.3) is 0 Å². The van der Waals surface area contributed by atoms with Crippen LogP contribution in [0.2, 0.25) is 0 Å². The lowest BCUT2D eigenvalue weighted by molar-refractivity contribution is -0.174. The fraction of sp³-hybridized carbons (Fsp3) is 0.611. The van der Waals surface area contributed by atoms with Crippen molar-refractivity contribution in [2.45, 2.75) is 44.0 Å². The number of carbonyl (C=O) groups excluding carboxylic acids is 1. The first-order chi connectivity index (χ1) is 11.1. The van der Waals surface area contributed by atoms with Gasteiger partial charge in [-0.05, 0) is 43.4 Å². The number of piperidine rings is 1. The minimum absolute atomic E-state index is 0.0445. The zero-order valence-corrected chi connectivity index (χ0v) is 13.7. The third-order valence-corrected chi connectivity index (χ3v) is 5.00. The summed E-state index contributed by atoms with van der Waals surface area (Å²) in [6.07, 6.45) is 2.72. The lowest BCUT2D eigenvalue weighted by atomic mass is 9.82. The van der Waals surface area contributed by atoms with Crippen LogP contribution in [0.15, 0.2) is 24.3 Å². The van der Waals surface area contributed by atoms with E-state index in [1.54, 1.807) is 7.11 Å². The van der Waals surface area contributed by atoms with E-state index < -0.39 is 11.7 Å². The zero-order chi connectivity index (χ0) is 16.3. The number of rotatable bonds is 3. The Bertz CT molecular complexity index is 552. The lowest BCUT2D eigenvalue weighted by Gasteiger charge is -2.46. The highest BCUT2D eigenvalue weighted by Crippen LogP contribution is 2.35. The van der Waals surface area contributed by atoms with Gasteiger partial charge in [0, 0.05) is 32.4 Å². The van der Waals surface area contributed by atoms with Crippen molar-refractivity contribution in [3.8, 4) is 0 Å². The molecular weight excluding hydrogens is 294 g/mol. The summed E-state index contributed by atoms with van der Waals surface area (Å²) in [5, 5.41) is 10.3. The third-order valence-electron chi connectivity index (χ3n) is 5.00. The predicted molar refractivity (Wildman–Crippen MR) is 86.2 cm³/mol. The quantitative estimate of drug-likeness (QED) is 0.925. The Morgan fingerprint density at radius 1 is 1.43 bits per heavy atom. The maximum absolute atomic E-state index is 12.7. The van der Waals surface area contributed by atoms with Gasteiger partial charge >= 0.3 is 0 Å². The summed E-state index contributed by atoms with van der Waals surface area (Å²) in [7, 11) is 1.65. The molecule has 0 radical (unpaired) electrons. The number of ether oxygens (including phenoxy) is 2. The summed E-state index contributed by atoms with van der Waals surface area (Å²) in [5.41, 5.74) is 1.26. The van der Waals surface area contributed by atoms with Crippen LogP contribution >= 0.6 is 0 Å². The van der Waals surface area contributed by atoms with Gasteiger partial charge in [-0.15, -0.1) is 0 Å². The van der Waals surface area contributed by atoms with Gasteiger partial charge in [0.15, 0.2) is 0 Å². The van der Waals surface area contributed by atoms with Gasteiger partial charge in [-0.25, -0.2) is 0 Å². The molecule has 0 aromatic heterocycles. The van der Waals surface area contributed by atoms with E-state index in [0.29, 0.717) is 44.7 Å². The SMILES string of the molecule is COCc1cccc(C(=O)N2CCC3(CC2)OCCC[C@@H]3O)c1. The molecule has 126 valence electrons. The van der Waals surface area contributed by atoms with Gasteiger partial charge in [0.2, 0.25) is 0 Å². The van der Waals surface area contributed by atoms with Crippen LogP contribution in [0, 0.1) is 0 Å². The fourth-order valence-corrected chi connectivity index (χ4v) is 3.62. The molecule has 1 spiro atoms. The van der Waals surface area contributed by atoms with E-state index in [2.05, 4.69) is 0 Å². The largest absolute Gasteiger partial charge is 0.390 e. The van der Waals surface area contributed by atoms with E-state index in [4.69, 9.17) is 9.47 Å². The summed E-state index contributed by atoms with van der Waals surface area (Å²) in [6, 6.07) is 7.58. The molecule has 0 bridgehead atoms. The van der Waals surface area contributed by atoms with Crippen LogP contribution in [0.5, 0.6) is 0 Å². The summed E-state index contributed by atoms with van der Waals surface area (Å²) < 4.78 is 11.0. The number of nitrogens with zero attached hydrogens (tertiary/aromatic N) is 1. The van der Waals surface area contributed by atoms with Crippen molar-refractivity contribution >= 4 is 5.91 Å². The number of benzene rings is 1. The lowest BCUT2D eigenvalue weighted by Crippen LogP contribution is -2.56. The molecule has 1 N–H and O–H groups in total. The zero-order valence-electron chi connectivity index (χ0n) is 13.7. The molecule has 0 unspecified atom stereocenters. The molecule has 5 heteroatoms. The van der Waals surface area contributed by atoms with E-state index in [1.807, 2.05) is 29.2 Å². The molecule has 0 aliphatic carbocycles. The van der Waals surface area contributed by atoms with Crippen molar-refractivity contribution < 1.29 is 19.4 Å². The van der Waals surface area contributed by atoms with Crippen LogP contribution in [0.3, 0.4) is 0 Å². The Hall–Kier alpha value is -1.43. The van der Waals surface area contributed by atoms with Gasteiger partial charge in [-0.2, -0.15) is 0 Å². The number of likely N-dealkylation sites (tertiary alicyclic amines) is 1. The average molecular weight is 319 g/mol. The number of aliphatic hydroxyl groups excluding tert-OH is 1. The molecule has 3 rings (SSSR count). The molecule has 5 nitrogen and oxygen atoms in total. The van der Waals surface area contributed by atoms with Crippen molar-refractivity contribution in [2.75, 3.05) is 26.8 Å². The Balaban J connectivity index is 1.65. The Kier molecular flexibility index (Phi) is 4.99. The second-order valence-electron chi connectivity index (χ2n) is 6.50. The topological polar surface area (TPSA) is 59.0 Å². The first-order valence-electron chi connectivity index (χ1n) is 8.34. The molecule has 1 atom stereocenters. The molecule has 2 heterocycles. The Labute approximate surface area is 137 Å². The molecule has 1 amide bonds. The average Bonchev–Trinajstić information content (AvgIpc) is 2.58. The molecule has 2 saturated heterocycles. The standard InChI is InChI=1S/C18H25NO4/c1-22-13-14-4-2-5-15(12-14)17(21)19-9-7-18(8-10-19)16(20)6-3-11-23-18/h2,4-5,12,16,20H,3,6-11,13H2,1H3/t16-/m0/s1. The van der Waals surface area contributed by atoms with Crippen LogP contribution in [-0.2, 0) is 16.1 Å². The maximum atomic E-state index is 12.7. The van der Waals surface area contributed by atoms with Crippen LogP contribution in [0.1, 0.15) is 41.6 Å². The number of amides is 1. The monoisotopic (exact) mass is 319 g/mol. The first-order valence-corrected chi connectivity index (χ1v) is 8.34. The normalized spacial score (nSPS) is 23.9. The fourth-order valence-electron chi connectivity index (χ4n) is 3.62. The number of aliphatic hydroxyl groups is 1. The molecule has 2 fully saturated rings. The minimum Gasteiger partial charge on any atom is -0.390 e. The van der Waals surface area contributed by atoms with Gasteiger partial charge in [0.1, 0.15) is 0 Å². The third kappa shape index (κ3) is 3.42. The Morgan fingerprint density at radius 2 is 2.22 bits per heavy atom. The van der Waals surface area contributed by atoms with Crippen molar-refractivity contribution in [3.05, 3.63) is 35.4 Å². The van der Waals surface area contributed by atoms with Gasteiger partial charge in [-0.1, -0.05) is 12.1 Å². The Morgan fingerprint density at radius 3 is 2.91 bits per heavy atom. The highest BCUT2D eigenvalue weighted by atomic mass is 16.5. The molecule has 1 aromatic carbocycles. The summed E-state index contributed by atoms with van der Waals surface area (Å²) in [4.78, 5) is 14.6. The van der Waals surface area contributed by atoms with E-state index >= 15 is 0 Å². The van der Waals surface area contributed by atoms with Gasteiger partial charge < -0.3 is 19.5 Å². The van der Waals surface area contributed by atoms with Crippen molar-refractivity contribution in [3.63, 3.8) is 0 Å². The van der Waals surface area contributed by atoms with Crippen molar-refractivity contribution in [1.82, 2.24) is 4.90 Å². The molecule has 0 saturated carbocycles. The first kappa shape index (κ1) is 16.4. The summed E-state index contributed by atoms with van der Waals surface area (Å²) in [6.45, 7) is 2.48. The van der Waals surface area contributed by atoms with E-state index in [-0.39, 0.29) is 5.91 Å². The highest BCUT2D eigenvalue weighted by molar-refractivity contribution is 5.94. The molecule has 2 aliphatic rings. The molecule has 2 aliphatic heterocycles. The smallest absolute Gasteiger partial charge is 0.253 e. The second-order valence-corrected chi connectivity index (χ2v) is 6.50. The van der Waals surface area contributed by atoms with Crippen molar-refractivity contribution in [1.29, 1.82) is 0 Å². The minimum atomic E-state index is -0.438. The van der Waals surface area contributed by atoms with Crippen LogP contribution in [-0.4, -0.2) is 54.4 Å². The summed E-state index contributed by atoms with van der Waals surface area (Å²) in [5.74, 6) is 0.0445. The van der Waals surface area contributed by atoms with E-state index in [1.165, 1.54) is 0 Å². The number of methoxy groups -OCH3 is 1. The van der Waals surface area contributed by atoms with Crippen molar-refractivity contribution in [2.24, 2.45) is 0 Å². The maximum Gasteiger partial charge on any atom is 0.253 e. The van der Waals surface area contributed by atoms with Gasteiger partial charge in [0.25, 0.3) is 5.91 Å². The van der Waals surface area contributed by atoms with Crippen LogP contribution < -0.4 is 0 Å². The molecule has 1 aromatic rings. The number of hydrogen-bond donors (Lipinski definition) is 1.